The van der Waals surface area contributed by atoms with E-state index in [0.29, 0.717) is 51.1 Å². The normalized spacial score (nSPS) is 20.1. The molecule has 0 bridgehead atoms. The number of halogens is 1. The second-order valence-electron chi connectivity index (χ2n) is 7.82. The molecule has 1 aliphatic heterocycles. The molecule has 29 heavy (non-hydrogen) atoms. The molecule has 0 saturated carbocycles. The first-order valence-corrected chi connectivity index (χ1v) is 9.80. The van der Waals surface area contributed by atoms with E-state index in [2.05, 4.69) is 10.3 Å². The Balaban J connectivity index is 1.52. The zero-order chi connectivity index (χ0) is 20.9. The van der Waals surface area contributed by atoms with Gasteiger partial charge in [0.25, 0.3) is 0 Å². The van der Waals surface area contributed by atoms with Crippen molar-refractivity contribution >= 4 is 5.91 Å². The first kappa shape index (κ1) is 21.4. The summed E-state index contributed by atoms with van der Waals surface area (Å²) in [7, 11) is 1.93. The molecule has 3 rings (SSSR count). The summed E-state index contributed by atoms with van der Waals surface area (Å²) in [5, 5.41) is 27.7. The maximum absolute atomic E-state index is 13.1. The number of benzene rings is 1. The first-order chi connectivity index (χ1) is 13.9. The molecule has 1 amide bonds. The van der Waals surface area contributed by atoms with E-state index in [9.17, 15) is 14.3 Å². The molecule has 9 heteroatoms. The molecule has 1 saturated heterocycles. The Morgan fingerprint density at radius 3 is 2.72 bits per heavy atom. The minimum absolute atomic E-state index is 0.0654. The third-order valence-corrected chi connectivity index (χ3v) is 5.25. The molecule has 1 aromatic carbocycles. The zero-order valence-electron chi connectivity index (χ0n) is 16.7. The van der Waals surface area contributed by atoms with E-state index in [1.807, 2.05) is 11.9 Å². The third kappa shape index (κ3) is 6.06. The van der Waals surface area contributed by atoms with Gasteiger partial charge >= 0.3 is 0 Å². The summed E-state index contributed by atoms with van der Waals surface area (Å²) in [4.78, 5) is 16.3. The monoisotopic (exact) mass is 405 g/mol. The van der Waals surface area contributed by atoms with Crippen molar-refractivity contribution in [3.05, 3.63) is 47.5 Å². The topological polar surface area (TPSA) is 94.7 Å². The summed E-state index contributed by atoms with van der Waals surface area (Å²) in [5.41, 5.74) is 0.534. The van der Waals surface area contributed by atoms with Crippen LogP contribution in [-0.2, 0) is 24.5 Å². The molecule has 1 atom stereocenters. The Kier molecular flexibility index (Phi) is 6.94. The van der Waals surface area contributed by atoms with E-state index in [1.165, 1.54) is 16.8 Å². The summed E-state index contributed by atoms with van der Waals surface area (Å²) < 4.78 is 14.5. The summed E-state index contributed by atoms with van der Waals surface area (Å²) in [6.45, 7) is 2.01. The van der Waals surface area contributed by atoms with Gasteiger partial charge in [0, 0.05) is 26.2 Å². The number of likely N-dealkylation sites (tertiary alicyclic amines) is 1. The van der Waals surface area contributed by atoms with Crippen LogP contribution in [0.5, 0.6) is 0 Å². The van der Waals surface area contributed by atoms with E-state index >= 15 is 0 Å². The third-order valence-electron chi connectivity index (χ3n) is 5.25. The second kappa shape index (κ2) is 9.43. The van der Waals surface area contributed by atoms with Crippen molar-refractivity contribution in [3.63, 3.8) is 0 Å². The molecule has 158 valence electrons. The number of nitrogens with zero attached hydrogens (tertiary/aromatic N) is 5. The van der Waals surface area contributed by atoms with Gasteiger partial charge in [-0.05, 0) is 44.0 Å². The van der Waals surface area contributed by atoms with Crippen molar-refractivity contribution in [3.8, 4) is 0 Å². The molecule has 2 N–H and O–H groups in total. The Labute approximate surface area is 169 Å². The zero-order valence-corrected chi connectivity index (χ0v) is 16.7. The molecule has 1 unspecified atom stereocenters. The van der Waals surface area contributed by atoms with Crippen molar-refractivity contribution in [2.45, 2.75) is 44.6 Å². The summed E-state index contributed by atoms with van der Waals surface area (Å²) >= 11 is 0. The maximum atomic E-state index is 13.1. The molecule has 0 aliphatic carbocycles. The average molecular weight is 405 g/mol. The van der Waals surface area contributed by atoms with Gasteiger partial charge in [0.05, 0.1) is 18.4 Å². The highest BCUT2D eigenvalue weighted by molar-refractivity contribution is 5.75. The van der Waals surface area contributed by atoms with Crippen molar-refractivity contribution < 1.29 is 19.4 Å². The van der Waals surface area contributed by atoms with Gasteiger partial charge < -0.3 is 15.1 Å². The van der Waals surface area contributed by atoms with Crippen LogP contribution in [0.2, 0.25) is 0 Å². The Morgan fingerprint density at radius 1 is 1.28 bits per heavy atom. The number of carbonyl (C=O) groups excluding carboxylic acids is 1. The quantitative estimate of drug-likeness (QED) is 0.707. The number of hydrogen-bond acceptors (Lipinski definition) is 6. The molecule has 0 spiro atoms. The highest BCUT2D eigenvalue weighted by atomic mass is 19.1. The van der Waals surface area contributed by atoms with Crippen LogP contribution in [0, 0.1) is 5.82 Å². The largest absolute Gasteiger partial charge is 0.390 e. The van der Waals surface area contributed by atoms with Gasteiger partial charge in [0.2, 0.25) is 5.91 Å². The smallest absolute Gasteiger partial charge is 0.244 e. The van der Waals surface area contributed by atoms with Crippen LogP contribution in [0.15, 0.2) is 30.5 Å². The van der Waals surface area contributed by atoms with Crippen LogP contribution in [0.1, 0.15) is 30.5 Å². The number of likely N-dealkylation sites (N-methyl/N-ethyl adjacent to an activating group) is 1. The first-order valence-electron chi connectivity index (χ1n) is 9.80. The van der Waals surface area contributed by atoms with Crippen LogP contribution in [0.4, 0.5) is 4.39 Å². The van der Waals surface area contributed by atoms with Gasteiger partial charge in [0.15, 0.2) is 0 Å². The molecule has 0 radical (unpaired) electrons. The van der Waals surface area contributed by atoms with Gasteiger partial charge in [0.1, 0.15) is 18.1 Å². The molecule has 1 fully saturated rings. The lowest BCUT2D eigenvalue weighted by Gasteiger charge is -2.31. The number of amides is 1. The average Bonchev–Trinajstić information content (AvgIpc) is 3.04. The number of hydrogen-bond donors (Lipinski definition) is 2. The minimum atomic E-state index is -0.874. The molecule has 2 heterocycles. The number of rotatable bonds is 7. The van der Waals surface area contributed by atoms with Crippen LogP contribution in [0.25, 0.3) is 0 Å². The Hall–Kier alpha value is -2.36. The van der Waals surface area contributed by atoms with E-state index in [1.54, 1.807) is 23.2 Å². The van der Waals surface area contributed by atoms with Gasteiger partial charge in [-0.1, -0.05) is 17.3 Å². The number of aliphatic hydroxyl groups is 2. The van der Waals surface area contributed by atoms with Gasteiger partial charge in [-0.25, -0.2) is 9.07 Å². The van der Waals surface area contributed by atoms with Crippen molar-refractivity contribution in [2.75, 3.05) is 26.7 Å². The lowest BCUT2D eigenvalue weighted by molar-refractivity contribution is -0.132. The summed E-state index contributed by atoms with van der Waals surface area (Å²) in [5.74, 6) is -0.342. The highest BCUT2D eigenvalue weighted by Gasteiger charge is 2.32. The van der Waals surface area contributed by atoms with E-state index in [-0.39, 0.29) is 24.9 Å². The van der Waals surface area contributed by atoms with Crippen molar-refractivity contribution in [1.29, 1.82) is 0 Å². The molecule has 1 aromatic heterocycles. The van der Waals surface area contributed by atoms with Crippen LogP contribution in [-0.4, -0.2) is 73.2 Å². The Morgan fingerprint density at radius 2 is 2.03 bits per heavy atom. The lowest BCUT2D eigenvalue weighted by atomic mass is 9.94. The van der Waals surface area contributed by atoms with Gasteiger partial charge in [-0.15, -0.1) is 5.10 Å². The number of aromatic nitrogens is 3. The van der Waals surface area contributed by atoms with E-state index in [4.69, 9.17) is 5.11 Å². The fourth-order valence-electron chi connectivity index (χ4n) is 3.77. The van der Waals surface area contributed by atoms with Gasteiger partial charge in [-0.2, -0.15) is 0 Å². The highest BCUT2D eigenvalue weighted by Crippen LogP contribution is 2.24. The SMILES string of the molecule is CN(Cc1ccc(F)cc1)CC1(O)CCCN(C(=O)Cn2cc(CO)nn2)CC1. The molecule has 8 nitrogen and oxygen atoms in total. The molecule has 1 aliphatic rings. The van der Waals surface area contributed by atoms with Crippen molar-refractivity contribution in [1.82, 2.24) is 24.8 Å². The summed E-state index contributed by atoms with van der Waals surface area (Å²) in [6.07, 6.45) is 3.37. The molecular formula is C20H28FN5O3. The second-order valence-corrected chi connectivity index (χ2v) is 7.82. The van der Waals surface area contributed by atoms with E-state index < -0.39 is 5.60 Å². The lowest BCUT2D eigenvalue weighted by Crippen LogP contribution is -2.42. The molecular weight excluding hydrogens is 377 g/mol. The fourth-order valence-corrected chi connectivity index (χ4v) is 3.77. The molecule has 2 aromatic rings. The van der Waals surface area contributed by atoms with Gasteiger partial charge in [-0.3, -0.25) is 9.69 Å². The predicted molar refractivity (Wildman–Crippen MR) is 104 cm³/mol. The Bertz CT molecular complexity index is 813. The predicted octanol–water partition coefficient (Wildman–Crippen LogP) is 0.785. The van der Waals surface area contributed by atoms with Crippen LogP contribution < -0.4 is 0 Å². The van der Waals surface area contributed by atoms with Crippen LogP contribution >= 0.6 is 0 Å². The number of carbonyl (C=O) groups is 1. The maximum Gasteiger partial charge on any atom is 0.244 e. The van der Waals surface area contributed by atoms with Crippen molar-refractivity contribution in [2.24, 2.45) is 0 Å². The standard InChI is InChI=1S/C20H28FN5O3/c1-24(11-16-3-5-17(21)6-4-16)15-20(29)7-2-9-25(10-8-20)19(28)13-26-12-18(14-27)22-23-26/h3-6,12,27,29H,2,7-11,13-15H2,1H3. The van der Waals surface area contributed by atoms with E-state index in [0.717, 1.165) is 5.56 Å². The van der Waals surface area contributed by atoms with Crippen LogP contribution in [0.3, 0.4) is 0 Å². The minimum Gasteiger partial charge on any atom is -0.390 e. The fraction of sp³-hybridized carbons (Fsp3) is 0.550. The summed E-state index contributed by atoms with van der Waals surface area (Å²) in [6, 6.07) is 6.36. The number of aliphatic hydroxyl groups excluding tert-OH is 1.